The lowest BCUT2D eigenvalue weighted by molar-refractivity contribution is -0.117. The van der Waals surface area contributed by atoms with Gasteiger partial charge < -0.3 is 15.0 Å². The lowest BCUT2D eigenvalue weighted by Gasteiger charge is -2.37. The van der Waals surface area contributed by atoms with Crippen LogP contribution in [0.25, 0.3) is 0 Å². The topological polar surface area (TPSA) is 41.6 Å². The highest BCUT2D eigenvalue weighted by molar-refractivity contribution is 5.94. The summed E-state index contributed by atoms with van der Waals surface area (Å²) in [5.41, 5.74) is 1.99. The molecule has 4 nitrogen and oxygen atoms in total. The van der Waals surface area contributed by atoms with Crippen LogP contribution >= 0.6 is 0 Å². The average Bonchev–Trinajstić information content (AvgIpc) is 2.46. The molecule has 0 aliphatic carbocycles. The molecule has 1 aliphatic heterocycles. The molecule has 1 aromatic rings. The normalized spacial score (nSPS) is 23.2. The quantitative estimate of drug-likeness (QED) is 0.902. The highest BCUT2D eigenvalue weighted by Gasteiger charge is 2.24. The summed E-state index contributed by atoms with van der Waals surface area (Å²) in [6.45, 7) is 10.1. The standard InChI is InChI=1S/C18H28N2O2/c1-5-13(2)10-18(21)19-16-8-6-7-9-17(16)20-11-14(3)22-15(4)12-20/h6-9,13-15H,5,10-12H2,1-4H3,(H,19,21). The third kappa shape index (κ3) is 4.47. The zero-order chi connectivity index (χ0) is 16.1. The Balaban J connectivity index is 2.11. The van der Waals surface area contributed by atoms with Gasteiger partial charge in [-0.1, -0.05) is 32.4 Å². The van der Waals surface area contributed by atoms with Gasteiger partial charge in [-0.05, 0) is 31.9 Å². The second kappa shape index (κ2) is 7.63. The average molecular weight is 304 g/mol. The van der Waals surface area contributed by atoms with E-state index in [1.165, 1.54) is 0 Å². The Morgan fingerprint density at radius 1 is 1.32 bits per heavy atom. The van der Waals surface area contributed by atoms with Gasteiger partial charge >= 0.3 is 0 Å². The molecule has 1 aromatic carbocycles. The van der Waals surface area contributed by atoms with Crippen LogP contribution in [0, 0.1) is 5.92 Å². The number of carbonyl (C=O) groups excluding carboxylic acids is 1. The molecule has 0 bridgehead atoms. The highest BCUT2D eigenvalue weighted by Crippen LogP contribution is 2.28. The number of amides is 1. The third-order valence-corrected chi connectivity index (χ3v) is 4.17. The molecule has 1 N–H and O–H groups in total. The molecule has 0 radical (unpaired) electrons. The van der Waals surface area contributed by atoms with E-state index in [1.54, 1.807) is 0 Å². The maximum absolute atomic E-state index is 12.2. The van der Waals surface area contributed by atoms with E-state index in [1.807, 2.05) is 18.2 Å². The van der Waals surface area contributed by atoms with Gasteiger partial charge in [0, 0.05) is 19.5 Å². The summed E-state index contributed by atoms with van der Waals surface area (Å²) >= 11 is 0. The Hall–Kier alpha value is -1.55. The van der Waals surface area contributed by atoms with Crippen LogP contribution in [0.15, 0.2) is 24.3 Å². The molecular weight excluding hydrogens is 276 g/mol. The van der Waals surface area contributed by atoms with E-state index >= 15 is 0 Å². The Kier molecular flexibility index (Phi) is 5.83. The summed E-state index contributed by atoms with van der Waals surface area (Å²) in [4.78, 5) is 14.5. The van der Waals surface area contributed by atoms with Crippen LogP contribution in [0.2, 0.25) is 0 Å². The van der Waals surface area contributed by atoms with Crippen molar-refractivity contribution in [2.45, 2.75) is 52.7 Å². The van der Waals surface area contributed by atoms with Crippen molar-refractivity contribution in [3.8, 4) is 0 Å². The van der Waals surface area contributed by atoms with Gasteiger partial charge in [0.1, 0.15) is 0 Å². The van der Waals surface area contributed by atoms with E-state index in [9.17, 15) is 4.79 Å². The maximum atomic E-state index is 12.2. The minimum atomic E-state index is 0.0937. The number of morpholine rings is 1. The Morgan fingerprint density at radius 3 is 2.59 bits per heavy atom. The summed E-state index contributed by atoms with van der Waals surface area (Å²) in [6, 6.07) is 8.04. The highest BCUT2D eigenvalue weighted by atomic mass is 16.5. The number of ether oxygens (including phenoxy) is 1. The van der Waals surface area contributed by atoms with Gasteiger partial charge in [0.15, 0.2) is 0 Å². The molecule has 3 unspecified atom stereocenters. The van der Waals surface area contributed by atoms with Crippen molar-refractivity contribution in [1.82, 2.24) is 0 Å². The monoisotopic (exact) mass is 304 g/mol. The Labute approximate surface area is 133 Å². The second-order valence-corrected chi connectivity index (χ2v) is 6.45. The molecular formula is C18H28N2O2. The van der Waals surface area contributed by atoms with Crippen LogP contribution in [-0.4, -0.2) is 31.2 Å². The lowest BCUT2D eigenvalue weighted by Crippen LogP contribution is -2.45. The zero-order valence-electron chi connectivity index (χ0n) is 14.1. The number of nitrogens with zero attached hydrogens (tertiary/aromatic N) is 1. The number of para-hydroxylation sites is 2. The predicted molar refractivity (Wildman–Crippen MR) is 91.4 cm³/mol. The van der Waals surface area contributed by atoms with Crippen LogP contribution in [0.1, 0.15) is 40.5 Å². The van der Waals surface area contributed by atoms with Gasteiger partial charge in [0.05, 0.1) is 23.6 Å². The van der Waals surface area contributed by atoms with Gasteiger partial charge in [-0.25, -0.2) is 0 Å². The largest absolute Gasteiger partial charge is 0.372 e. The third-order valence-electron chi connectivity index (χ3n) is 4.17. The first-order chi connectivity index (χ1) is 10.5. The predicted octanol–water partition coefficient (Wildman–Crippen LogP) is 3.67. The van der Waals surface area contributed by atoms with Gasteiger partial charge in [0.25, 0.3) is 0 Å². The van der Waals surface area contributed by atoms with E-state index in [2.05, 4.69) is 44.0 Å². The van der Waals surface area contributed by atoms with Crippen molar-refractivity contribution in [3.05, 3.63) is 24.3 Å². The molecule has 122 valence electrons. The molecule has 1 amide bonds. The number of benzene rings is 1. The minimum Gasteiger partial charge on any atom is -0.372 e. The molecule has 22 heavy (non-hydrogen) atoms. The molecule has 1 saturated heterocycles. The Morgan fingerprint density at radius 2 is 1.95 bits per heavy atom. The molecule has 3 atom stereocenters. The molecule has 1 fully saturated rings. The summed E-state index contributed by atoms with van der Waals surface area (Å²) in [6.07, 6.45) is 1.99. The van der Waals surface area contributed by atoms with Crippen LogP contribution in [-0.2, 0) is 9.53 Å². The first-order valence-electron chi connectivity index (χ1n) is 8.28. The summed E-state index contributed by atoms with van der Waals surface area (Å²) in [5, 5.41) is 3.08. The number of anilines is 2. The van der Waals surface area contributed by atoms with Gasteiger partial charge in [-0.2, -0.15) is 0 Å². The molecule has 0 aromatic heterocycles. The molecule has 1 heterocycles. The van der Waals surface area contributed by atoms with E-state index in [4.69, 9.17) is 4.74 Å². The fourth-order valence-electron chi connectivity index (χ4n) is 2.89. The summed E-state index contributed by atoms with van der Waals surface area (Å²) < 4.78 is 5.80. The van der Waals surface area contributed by atoms with Crippen molar-refractivity contribution in [1.29, 1.82) is 0 Å². The number of carbonyl (C=O) groups is 1. The summed E-state index contributed by atoms with van der Waals surface area (Å²) in [7, 11) is 0. The van der Waals surface area contributed by atoms with Gasteiger partial charge in [-0.3, -0.25) is 4.79 Å². The van der Waals surface area contributed by atoms with Crippen LogP contribution in [0.5, 0.6) is 0 Å². The number of hydrogen-bond acceptors (Lipinski definition) is 3. The fraction of sp³-hybridized carbons (Fsp3) is 0.611. The van der Waals surface area contributed by atoms with E-state index in [-0.39, 0.29) is 18.1 Å². The maximum Gasteiger partial charge on any atom is 0.224 e. The first kappa shape index (κ1) is 16.8. The zero-order valence-corrected chi connectivity index (χ0v) is 14.1. The second-order valence-electron chi connectivity index (χ2n) is 6.45. The first-order valence-corrected chi connectivity index (χ1v) is 8.28. The van der Waals surface area contributed by atoms with E-state index in [0.717, 1.165) is 30.9 Å². The minimum absolute atomic E-state index is 0.0937. The lowest BCUT2D eigenvalue weighted by atomic mass is 10.0. The van der Waals surface area contributed by atoms with Crippen molar-refractivity contribution in [3.63, 3.8) is 0 Å². The molecule has 1 aliphatic rings. The van der Waals surface area contributed by atoms with Crippen molar-refractivity contribution >= 4 is 17.3 Å². The number of hydrogen-bond donors (Lipinski definition) is 1. The van der Waals surface area contributed by atoms with Crippen molar-refractivity contribution < 1.29 is 9.53 Å². The fourth-order valence-corrected chi connectivity index (χ4v) is 2.89. The molecule has 2 rings (SSSR count). The summed E-state index contributed by atoms with van der Waals surface area (Å²) in [5.74, 6) is 0.506. The van der Waals surface area contributed by atoms with Crippen molar-refractivity contribution in [2.24, 2.45) is 5.92 Å². The van der Waals surface area contributed by atoms with Crippen LogP contribution in [0.4, 0.5) is 11.4 Å². The van der Waals surface area contributed by atoms with Crippen LogP contribution in [0.3, 0.4) is 0 Å². The number of nitrogens with one attached hydrogen (secondary N) is 1. The SMILES string of the molecule is CCC(C)CC(=O)Nc1ccccc1N1CC(C)OC(C)C1. The molecule has 0 spiro atoms. The molecule has 4 heteroatoms. The Bertz CT molecular complexity index is 494. The van der Waals surface area contributed by atoms with E-state index in [0.29, 0.717) is 12.3 Å². The van der Waals surface area contributed by atoms with Gasteiger partial charge in [-0.15, -0.1) is 0 Å². The smallest absolute Gasteiger partial charge is 0.224 e. The van der Waals surface area contributed by atoms with E-state index < -0.39 is 0 Å². The van der Waals surface area contributed by atoms with Gasteiger partial charge in [0.2, 0.25) is 5.91 Å². The molecule has 0 saturated carbocycles. The van der Waals surface area contributed by atoms with Crippen molar-refractivity contribution in [2.75, 3.05) is 23.3 Å². The number of rotatable bonds is 5. The van der Waals surface area contributed by atoms with Crippen LogP contribution < -0.4 is 10.2 Å².